The van der Waals surface area contributed by atoms with Gasteiger partial charge < -0.3 is 10.2 Å². The first kappa shape index (κ1) is 14.7. The number of benzene rings is 1. The molecule has 1 saturated heterocycles. The lowest BCUT2D eigenvalue weighted by molar-refractivity contribution is 0.0616. The van der Waals surface area contributed by atoms with Gasteiger partial charge in [-0.15, -0.1) is 11.8 Å². The molecular weight excluding hydrogens is 280 g/mol. The molecule has 1 aromatic rings. The Morgan fingerprint density at radius 1 is 1.47 bits per heavy atom. The Hall–Kier alpha value is -0.710. The highest BCUT2D eigenvalue weighted by atomic mass is 35.5. The van der Waals surface area contributed by atoms with Crippen LogP contribution >= 0.6 is 23.4 Å². The lowest BCUT2D eigenvalue weighted by Crippen LogP contribution is -2.56. The van der Waals surface area contributed by atoms with Crippen LogP contribution in [0.15, 0.2) is 23.1 Å². The zero-order chi connectivity index (χ0) is 14.0. The summed E-state index contributed by atoms with van der Waals surface area (Å²) in [7, 11) is 0. The summed E-state index contributed by atoms with van der Waals surface area (Å²) in [6.45, 7) is 5.70. The molecule has 2 rings (SSSR count). The Bertz CT molecular complexity index is 481. The molecule has 104 valence electrons. The van der Waals surface area contributed by atoms with Crippen LogP contribution in [0.2, 0.25) is 5.02 Å². The zero-order valence-electron chi connectivity index (χ0n) is 11.4. The molecule has 1 heterocycles. The monoisotopic (exact) mass is 298 g/mol. The highest BCUT2D eigenvalue weighted by Gasteiger charge is 2.28. The number of rotatable bonds is 2. The molecular formula is C14H19ClN2OS. The number of carbonyl (C=O) groups is 1. The smallest absolute Gasteiger partial charge is 0.255 e. The molecule has 2 atom stereocenters. The van der Waals surface area contributed by atoms with Crippen LogP contribution in [-0.2, 0) is 0 Å². The van der Waals surface area contributed by atoms with Crippen LogP contribution < -0.4 is 5.32 Å². The van der Waals surface area contributed by atoms with Crippen molar-refractivity contribution in [1.82, 2.24) is 10.2 Å². The zero-order valence-corrected chi connectivity index (χ0v) is 13.0. The molecule has 3 nitrogen and oxygen atoms in total. The highest BCUT2D eigenvalue weighted by Crippen LogP contribution is 2.25. The normalized spacial score (nSPS) is 23.5. The summed E-state index contributed by atoms with van der Waals surface area (Å²) in [6, 6.07) is 6.14. The average molecular weight is 299 g/mol. The predicted octanol–water partition coefficient (Wildman–Crippen LogP) is 2.88. The second-order valence-corrected chi connectivity index (χ2v) is 6.25. The van der Waals surface area contributed by atoms with Crippen LogP contribution in [0.25, 0.3) is 0 Å². The summed E-state index contributed by atoms with van der Waals surface area (Å²) < 4.78 is 0. The van der Waals surface area contributed by atoms with Crippen molar-refractivity contribution >= 4 is 29.3 Å². The van der Waals surface area contributed by atoms with E-state index in [1.807, 2.05) is 23.3 Å². The number of halogens is 1. The minimum atomic E-state index is 0.0294. The lowest BCUT2D eigenvalue weighted by Gasteiger charge is -2.37. The molecule has 0 aliphatic carbocycles. The van der Waals surface area contributed by atoms with Crippen LogP contribution in [0.5, 0.6) is 0 Å². The first-order chi connectivity index (χ1) is 9.02. The van der Waals surface area contributed by atoms with E-state index in [4.69, 9.17) is 11.6 Å². The van der Waals surface area contributed by atoms with Crippen LogP contribution in [0.1, 0.15) is 24.2 Å². The van der Waals surface area contributed by atoms with E-state index < -0.39 is 0 Å². The fraction of sp³-hybridized carbons (Fsp3) is 0.500. The molecule has 1 amide bonds. The second-order valence-electron chi connectivity index (χ2n) is 4.96. The van der Waals surface area contributed by atoms with Gasteiger partial charge in [0, 0.05) is 30.1 Å². The molecule has 0 aromatic heterocycles. The fourth-order valence-corrected chi connectivity index (χ4v) is 2.89. The molecule has 1 aromatic carbocycles. The summed E-state index contributed by atoms with van der Waals surface area (Å²) in [5.74, 6) is 0.0294. The maximum Gasteiger partial charge on any atom is 0.255 e. The van der Waals surface area contributed by atoms with Crippen molar-refractivity contribution in [3.8, 4) is 0 Å². The number of thioether (sulfide) groups is 1. The van der Waals surface area contributed by atoms with Crippen LogP contribution in [0.4, 0.5) is 0 Å². The largest absolute Gasteiger partial charge is 0.333 e. The first-order valence-corrected chi connectivity index (χ1v) is 8.01. The SMILES string of the molecule is CSc1ccc(Cl)c(C(=O)N2CC(C)NCC2C)c1. The van der Waals surface area contributed by atoms with Gasteiger partial charge in [-0.05, 0) is 38.3 Å². The third kappa shape index (κ3) is 3.25. The molecule has 0 bridgehead atoms. The molecule has 1 aliphatic rings. The van der Waals surface area contributed by atoms with Gasteiger partial charge >= 0.3 is 0 Å². The van der Waals surface area contributed by atoms with Gasteiger partial charge in [0.25, 0.3) is 5.91 Å². The summed E-state index contributed by atoms with van der Waals surface area (Å²) in [4.78, 5) is 15.6. The Kier molecular flexibility index (Phi) is 4.76. The van der Waals surface area contributed by atoms with Gasteiger partial charge in [-0.1, -0.05) is 11.6 Å². The summed E-state index contributed by atoms with van der Waals surface area (Å²) in [5, 5.41) is 3.90. The Morgan fingerprint density at radius 2 is 2.21 bits per heavy atom. The Morgan fingerprint density at radius 3 is 2.89 bits per heavy atom. The highest BCUT2D eigenvalue weighted by molar-refractivity contribution is 7.98. The van der Waals surface area contributed by atoms with E-state index in [1.54, 1.807) is 17.8 Å². The van der Waals surface area contributed by atoms with Gasteiger partial charge in [-0.25, -0.2) is 0 Å². The number of hydrogen-bond acceptors (Lipinski definition) is 3. The maximum atomic E-state index is 12.6. The van der Waals surface area contributed by atoms with E-state index in [9.17, 15) is 4.79 Å². The van der Waals surface area contributed by atoms with E-state index in [0.29, 0.717) is 16.6 Å². The van der Waals surface area contributed by atoms with Gasteiger partial charge in [0.05, 0.1) is 10.6 Å². The number of piperazine rings is 1. The lowest BCUT2D eigenvalue weighted by atomic mass is 10.1. The first-order valence-electron chi connectivity index (χ1n) is 6.40. The van der Waals surface area contributed by atoms with E-state index in [-0.39, 0.29) is 11.9 Å². The molecule has 0 saturated carbocycles. The molecule has 5 heteroatoms. The molecule has 0 spiro atoms. The van der Waals surface area contributed by atoms with E-state index in [0.717, 1.165) is 18.0 Å². The van der Waals surface area contributed by atoms with Crippen molar-refractivity contribution in [2.24, 2.45) is 0 Å². The Balaban J connectivity index is 2.27. The molecule has 2 unspecified atom stereocenters. The number of amides is 1. The van der Waals surface area contributed by atoms with Gasteiger partial charge in [-0.2, -0.15) is 0 Å². The number of hydrogen-bond donors (Lipinski definition) is 1. The van der Waals surface area contributed by atoms with Crippen molar-refractivity contribution in [3.63, 3.8) is 0 Å². The number of nitrogens with zero attached hydrogens (tertiary/aromatic N) is 1. The minimum absolute atomic E-state index is 0.0294. The third-order valence-electron chi connectivity index (χ3n) is 3.43. The van der Waals surface area contributed by atoms with Crippen molar-refractivity contribution in [3.05, 3.63) is 28.8 Å². The van der Waals surface area contributed by atoms with Gasteiger partial charge in [0.2, 0.25) is 0 Å². The average Bonchev–Trinajstić information content (AvgIpc) is 2.41. The van der Waals surface area contributed by atoms with E-state index in [1.165, 1.54) is 0 Å². The molecule has 1 N–H and O–H groups in total. The topological polar surface area (TPSA) is 32.3 Å². The Labute approximate surface area is 123 Å². The number of carbonyl (C=O) groups excluding carboxylic acids is 1. The van der Waals surface area contributed by atoms with E-state index in [2.05, 4.69) is 19.2 Å². The molecule has 19 heavy (non-hydrogen) atoms. The van der Waals surface area contributed by atoms with Crippen molar-refractivity contribution in [1.29, 1.82) is 0 Å². The van der Waals surface area contributed by atoms with Crippen molar-refractivity contribution < 1.29 is 4.79 Å². The summed E-state index contributed by atoms with van der Waals surface area (Å²) in [5.41, 5.74) is 0.606. The molecule has 0 radical (unpaired) electrons. The number of nitrogens with one attached hydrogen (secondary N) is 1. The van der Waals surface area contributed by atoms with Gasteiger partial charge in [0.1, 0.15) is 0 Å². The van der Waals surface area contributed by atoms with Crippen LogP contribution in [0, 0.1) is 0 Å². The fourth-order valence-electron chi connectivity index (χ4n) is 2.25. The van der Waals surface area contributed by atoms with Crippen molar-refractivity contribution in [2.75, 3.05) is 19.3 Å². The van der Waals surface area contributed by atoms with Gasteiger partial charge in [0.15, 0.2) is 0 Å². The molecule has 1 aliphatic heterocycles. The minimum Gasteiger partial charge on any atom is -0.333 e. The second kappa shape index (κ2) is 6.16. The standard InChI is InChI=1S/C14H19ClN2OS/c1-9-8-17(10(2)7-16-9)14(18)12-6-11(19-3)4-5-13(12)15/h4-6,9-10,16H,7-8H2,1-3H3. The third-order valence-corrected chi connectivity index (χ3v) is 4.48. The summed E-state index contributed by atoms with van der Waals surface area (Å²) in [6.07, 6.45) is 1.99. The molecule has 1 fully saturated rings. The van der Waals surface area contributed by atoms with Crippen LogP contribution in [0.3, 0.4) is 0 Å². The van der Waals surface area contributed by atoms with Crippen LogP contribution in [-0.4, -0.2) is 42.2 Å². The predicted molar refractivity (Wildman–Crippen MR) is 81.2 cm³/mol. The maximum absolute atomic E-state index is 12.6. The quantitative estimate of drug-likeness (QED) is 0.852. The van der Waals surface area contributed by atoms with Gasteiger partial charge in [-0.3, -0.25) is 4.79 Å². The van der Waals surface area contributed by atoms with Crippen molar-refractivity contribution in [2.45, 2.75) is 30.8 Å². The summed E-state index contributed by atoms with van der Waals surface area (Å²) >= 11 is 7.79. The van der Waals surface area contributed by atoms with E-state index >= 15 is 0 Å².